The number of nitrogens with zero attached hydrogens (tertiary/aromatic N) is 3. The van der Waals surface area contributed by atoms with Crippen LogP contribution in [0.1, 0.15) is 18.4 Å². The van der Waals surface area contributed by atoms with Gasteiger partial charge in [-0.1, -0.05) is 48.2 Å². The Labute approximate surface area is 198 Å². The van der Waals surface area contributed by atoms with Crippen LogP contribution < -0.4 is 5.63 Å². The van der Waals surface area contributed by atoms with Crippen molar-refractivity contribution in [3.63, 3.8) is 0 Å². The third kappa shape index (κ3) is 3.99. The molecule has 1 atom stereocenters. The Balaban J connectivity index is 1.39. The van der Waals surface area contributed by atoms with E-state index in [4.69, 9.17) is 9.15 Å². The zero-order valence-corrected chi connectivity index (χ0v) is 19.4. The van der Waals surface area contributed by atoms with E-state index < -0.39 is 0 Å². The van der Waals surface area contributed by atoms with E-state index in [0.29, 0.717) is 11.3 Å². The van der Waals surface area contributed by atoms with Crippen molar-refractivity contribution in [3.05, 3.63) is 76.0 Å². The van der Waals surface area contributed by atoms with Gasteiger partial charge in [-0.3, -0.25) is 4.57 Å². The maximum atomic E-state index is 12.3. The second-order valence-corrected chi connectivity index (χ2v) is 9.96. The van der Waals surface area contributed by atoms with Gasteiger partial charge in [0.05, 0.1) is 17.5 Å². The lowest BCUT2D eigenvalue weighted by Crippen LogP contribution is -2.16. The summed E-state index contributed by atoms with van der Waals surface area (Å²) in [6.07, 6.45) is 2.30. The number of hydrogen-bond donors (Lipinski definition) is 0. The van der Waals surface area contributed by atoms with Gasteiger partial charge in [0, 0.05) is 23.8 Å². The van der Waals surface area contributed by atoms with Gasteiger partial charge < -0.3 is 9.15 Å². The molecule has 6 nitrogen and oxygen atoms in total. The monoisotopic (exact) mass is 475 g/mol. The number of fused-ring (bicyclic) bond motifs is 3. The van der Waals surface area contributed by atoms with Crippen molar-refractivity contribution >= 4 is 44.8 Å². The maximum Gasteiger partial charge on any atom is 0.336 e. The maximum absolute atomic E-state index is 12.3. The summed E-state index contributed by atoms with van der Waals surface area (Å²) >= 11 is 3.25. The summed E-state index contributed by atoms with van der Waals surface area (Å²) in [6.45, 7) is 1.53. The predicted molar refractivity (Wildman–Crippen MR) is 132 cm³/mol. The SMILES string of the molecule is O=c1cc(CSc2nnc(-c3cccs3)n2CC2CCCO2)c2c(ccc3ccccc32)o1. The van der Waals surface area contributed by atoms with Crippen LogP contribution in [-0.4, -0.2) is 27.5 Å². The van der Waals surface area contributed by atoms with Crippen molar-refractivity contribution in [3.8, 4) is 10.7 Å². The highest BCUT2D eigenvalue weighted by Gasteiger charge is 2.22. The third-order valence-corrected chi connectivity index (χ3v) is 7.82. The van der Waals surface area contributed by atoms with Crippen LogP contribution >= 0.6 is 23.1 Å². The minimum Gasteiger partial charge on any atom is -0.423 e. The average molecular weight is 476 g/mol. The van der Waals surface area contributed by atoms with Crippen LogP contribution in [0, 0.1) is 0 Å². The Morgan fingerprint density at radius 2 is 2.06 bits per heavy atom. The van der Waals surface area contributed by atoms with Crippen molar-refractivity contribution in [2.24, 2.45) is 0 Å². The summed E-state index contributed by atoms with van der Waals surface area (Å²) in [5.41, 5.74) is 1.21. The predicted octanol–water partition coefficient (Wildman–Crippen LogP) is 5.74. The lowest BCUT2D eigenvalue weighted by molar-refractivity contribution is 0.0953. The molecule has 1 fully saturated rings. The van der Waals surface area contributed by atoms with Gasteiger partial charge in [0.25, 0.3) is 0 Å². The lowest BCUT2D eigenvalue weighted by Gasteiger charge is -2.14. The van der Waals surface area contributed by atoms with Crippen molar-refractivity contribution in [1.29, 1.82) is 0 Å². The number of aromatic nitrogens is 3. The van der Waals surface area contributed by atoms with Gasteiger partial charge in [0.2, 0.25) is 0 Å². The molecule has 166 valence electrons. The zero-order valence-electron chi connectivity index (χ0n) is 17.8. The summed E-state index contributed by atoms with van der Waals surface area (Å²) < 4.78 is 13.6. The van der Waals surface area contributed by atoms with E-state index in [1.165, 1.54) is 0 Å². The summed E-state index contributed by atoms with van der Waals surface area (Å²) in [5.74, 6) is 1.45. The first-order valence-electron chi connectivity index (χ1n) is 10.9. The number of hydrogen-bond acceptors (Lipinski definition) is 7. The van der Waals surface area contributed by atoms with Crippen LogP contribution in [0.4, 0.5) is 0 Å². The van der Waals surface area contributed by atoms with Gasteiger partial charge in [-0.25, -0.2) is 4.79 Å². The summed E-state index contributed by atoms with van der Waals surface area (Å²) in [7, 11) is 0. The molecule has 0 amide bonds. The number of benzene rings is 2. The Bertz CT molecular complexity index is 1480. The molecule has 1 saturated heterocycles. The molecule has 0 spiro atoms. The first-order chi connectivity index (χ1) is 16.3. The largest absolute Gasteiger partial charge is 0.423 e. The minimum atomic E-state index is -0.339. The molecule has 6 rings (SSSR count). The van der Waals surface area contributed by atoms with Crippen molar-refractivity contribution in [1.82, 2.24) is 14.8 Å². The van der Waals surface area contributed by atoms with Crippen molar-refractivity contribution in [2.75, 3.05) is 6.61 Å². The van der Waals surface area contributed by atoms with E-state index in [1.54, 1.807) is 29.2 Å². The number of thioether (sulfide) groups is 1. The molecule has 0 radical (unpaired) electrons. The number of rotatable bonds is 6. The first-order valence-corrected chi connectivity index (χ1v) is 12.8. The van der Waals surface area contributed by atoms with Crippen LogP contribution in [0.15, 0.2) is 74.3 Å². The average Bonchev–Trinajstić information content (AvgIpc) is 3.60. The second-order valence-electron chi connectivity index (χ2n) is 8.07. The minimum absolute atomic E-state index is 0.174. The normalized spacial score (nSPS) is 16.2. The zero-order chi connectivity index (χ0) is 22.2. The molecular formula is C25H21N3O3S2. The summed E-state index contributed by atoms with van der Waals surface area (Å²) in [5, 5.41) is 15.1. The molecule has 3 aromatic heterocycles. The Kier molecular flexibility index (Phi) is 5.49. The molecule has 0 bridgehead atoms. The van der Waals surface area contributed by atoms with Crippen LogP contribution in [0.2, 0.25) is 0 Å². The van der Waals surface area contributed by atoms with Crippen LogP contribution in [0.5, 0.6) is 0 Å². The molecular weight excluding hydrogens is 454 g/mol. The molecule has 1 aliphatic heterocycles. The van der Waals surface area contributed by atoms with Gasteiger partial charge in [0.1, 0.15) is 5.58 Å². The van der Waals surface area contributed by atoms with Gasteiger partial charge in [-0.2, -0.15) is 0 Å². The smallest absolute Gasteiger partial charge is 0.336 e. The third-order valence-electron chi connectivity index (χ3n) is 5.94. The fourth-order valence-corrected chi connectivity index (χ4v) is 6.06. The molecule has 33 heavy (non-hydrogen) atoms. The quantitative estimate of drug-likeness (QED) is 0.177. The van der Waals surface area contributed by atoms with Crippen molar-refractivity contribution in [2.45, 2.75) is 36.4 Å². The van der Waals surface area contributed by atoms with E-state index in [9.17, 15) is 4.79 Å². The standard InChI is InChI=1S/C25H21N3O3S2/c29-22-13-17(23-19-7-2-1-5-16(19)9-10-20(23)31-22)15-33-25-27-26-24(21-8-4-12-32-21)28(25)14-18-6-3-11-30-18/h1-2,4-5,7-10,12-13,18H,3,6,11,14-15H2. The highest BCUT2D eigenvalue weighted by molar-refractivity contribution is 7.98. The Morgan fingerprint density at radius 1 is 1.12 bits per heavy atom. The van der Waals surface area contributed by atoms with Gasteiger partial charge in [-0.05, 0) is 46.7 Å². The number of ether oxygens (including phenoxy) is 1. The van der Waals surface area contributed by atoms with Crippen LogP contribution in [0.25, 0.3) is 32.4 Å². The Hall–Kier alpha value is -2.94. The highest BCUT2D eigenvalue weighted by Crippen LogP contribution is 2.33. The van der Waals surface area contributed by atoms with Crippen LogP contribution in [0.3, 0.4) is 0 Å². The van der Waals surface area contributed by atoms with Gasteiger partial charge >= 0.3 is 5.63 Å². The summed E-state index contributed by atoms with van der Waals surface area (Å²) in [6, 6.07) is 17.7. The van der Waals surface area contributed by atoms with Crippen LogP contribution in [-0.2, 0) is 17.0 Å². The Morgan fingerprint density at radius 3 is 2.91 bits per heavy atom. The van der Waals surface area contributed by atoms with Gasteiger partial charge in [-0.15, -0.1) is 21.5 Å². The van der Waals surface area contributed by atoms with E-state index in [1.807, 2.05) is 35.7 Å². The lowest BCUT2D eigenvalue weighted by atomic mass is 10.0. The fraction of sp³-hybridized carbons (Fsp3) is 0.240. The van der Waals surface area contributed by atoms with E-state index in [-0.39, 0.29) is 11.7 Å². The van der Waals surface area contributed by atoms with E-state index in [2.05, 4.69) is 33.0 Å². The molecule has 4 heterocycles. The topological polar surface area (TPSA) is 70.2 Å². The molecule has 0 saturated carbocycles. The molecule has 0 N–H and O–H groups in total. The number of thiophene rings is 1. The van der Waals surface area contributed by atoms with E-state index in [0.717, 1.165) is 63.6 Å². The van der Waals surface area contributed by atoms with Crippen molar-refractivity contribution < 1.29 is 9.15 Å². The molecule has 1 aliphatic rings. The molecule has 0 aliphatic carbocycles. The summed E-state index contributed by atoms with van der Waals surface area (Å²) in [4.78, 5) is 13.4. The molecule has 8 heteroatoms. The highest BCUT2D eigenvalue weighted by atomic mass is 32.2. The van der Waals surface area contributed by atoms with Gasteiger partial charge in [0.15, 0.2) is 11.0 Å². The molecule has 1 unspecified atom stereocenters. The first kappa shape index (κ1) is 20.7. The van der Waals surface area contributed by atoms with E-state index >= 15 is 0 Å². The molecule has 5 aromatic rings. The molecule has 2 aromatic carbocycles. The fourth-order valence-electron chi connectivity index (χ4n) is 4.42. The second kappa shape index (κ2) is 8.78.